The van der Waals surface area contributed by atoms with Crippen LogP contribution in [0.1, 0.15) is 10.4 Å². The molecule has 0 saturated heterocycles. The molecule has 0 fully saturated rings. The lowest BCUT2D eigenvalue weighted by Crippen LogP contribution is -2.24. The molecule has 2 aromatic carbocycles. The van der Waals surface area contributed by atoms with Crippen molar-refractivity contribution in [2.24, 2.45) is 0 Å². The summed E-state index contributed by atoms with van der Waals surface area (Å²) in [4.78, 5) is 11.6. The summed E-state index contributed by atoms with van der Waals surface area (Å²) in [6.45, 7) is -0.345. The van der Waals surface area contributed by atoms with Crippen LogP contribution < -0.4 is 5.32 Å². The number of hydrogen-bond donors (Lipinski definition) is 2. The second-order valence-corrected chi connectivity index (χ2v) is 3.19. The van der Waals surface area contributed by atoms with E-state index >= 15 is 0 Å². The normalized spacial score (nSPS) is 10.2. The zero-order valence-electron chi connectivity index (χ0n) is 8.10. The molecule has 3 nitrogen and oxygen atoms in total. The van der Waals surface area contributed by atoms with E-state index in [1.807, 2.05) is 36.4 Å². The molecule has 76 valence electrons. The van der Waals surface area contributed by atoms with E-state index in [0.717, 1.165) is 10.8 Å². The van der Waals surface area contributed by atoms with Crippen LogP contribution in [0.3, 0.4) is 0 Å². The molecule has 3 heteroatoms. The molecule has 1 amide bonds. The third kappa shape index (κ3) is 1.82. The summed E-state index contributed by atoms with van der Waals surface area (Å²) in [5, 5.41) is 12.9. The highest BCUT2D eigenvalue weighted by atomic mass is 16.3. The van der Waals surface area contributed by atoms with Gasteiger partial charge in [-0.1, -0.05) is 36.4 Å². The van der Waals surface area contributed by atoms with Crippen LogP contribution in [-0.4, -0.2) is 17.7 Å². The molecule has 15 heavy (non-hydrogen) atoms. The number of carbonyl (C=O) groups is 1. The van der Waals surface area contributed by atoms with E-state index in [1.165, 1.54) is 0 Å². The van der Waals surface area contributed by atoms with Crippen molar-refractivity contribution in [3.63, 3.8) is 0 Å². The highest BCUT2D eigenvalue weighted by molar-refractivity contribution is 6.06. The molecular formula is C12H11NO2. The van der Waals surface area contributed by atoms with Crippen LogP contribution in [0.4, 0.5) is 0 Å². The number of amides is 1. The lowest BCUT2D eigenvalue weighted by molar-refractivity contribution is 0.0912. The molecule has 0 bridgehead atoms. The number of aliphatic hydroxyl groups excluding tert-OH is 1. The second-order valence-electron chi connectivity index (χ2n) is 3.19. The SMILES string of the molecule is O=C(NCO)c1cccc2ccccc12. The van der Waals surface area contributed by atoms with Crippen molar-refractivity contribution < 1.29 is 9.90 Å². The summed E-state index contributed by atoms with van der Waals surface area (Å²) in [6.07, 6.45) is 0. The maximum atomic E-state index is 11.6. The molecule has 0 aromatic heterocycles. The van der Waals surface area contributed by atoms with Gasteiger partial charge in [0.1, 0.15) is 6.73 Å². The third-order valence-corrected chi connectivity index (χ3v) is 2.27. The first kappa shape index (κ1) is 9.68. The van der Waals surface area contributed by atoms with E-state index in [-0.39, 0.29) is 12.6 Å². The summed E-state index contributed by atoms with van der Waals surface area (Å²) < 4.78 is 0. The first-order chi connectivity index (χ1) is 7.33. The Morgan fingerprint density at radius 1 is 1.13 bits per heavy atom. The molecule has 0 aliphatic heterocycles. The number of carbonyl (C=O) groups excluding carboxylic acids is 1. The Bertz CT molecular complexity index is 488. The van der Waals surface area contributed by atoms with Crippen LogP contribution in [-0.2, 0) is 0 Å². The fourth-order valence-electron chi connectivity index (χ4n) is 1.59. The highest BCUT2D eigenvalue weighted by Gasteiger charge is 2.07. The third-order valence-electron chi connectivity index (χ3n) is 2.27. The summed E-state index contributed by atoms with van der Waals surface area (Å²) in [7, 11) is 0. The largest absolute Gasteiger partial charge is 0.376 e. The molecule has 2 aromatic rings. The van der Waals surface area contributed by atoms with Crippen molar-refractivity contribution in [1.82, 2.24) is 5.32 Å². The molecule has 0 aliphatic carbocycles. The minimum absolute atomic E-state index is 0.255. The van der Waals surface area contributed by atoms with Gasteiger partial charge >= 0.3 is 0 Å². The van der Waals surface area contributed by atoms with E-state index < -0.39 is 0 Å². The van der Waals surface area contributed by atoms with Crippen LogP contribution in [0, 0.1) is 0 Å². The number of benzene rings is 2. The van der Waals surface area contributed by atoms with Crippen molar-refractivity contribution in [1.29, 1.82) is 0 Å². The first-order valence-corrected chi connectivity index (χ1v) is 4.70. The number of fused-ring (bicyclic) bond motifs is 1. The van der Waals surface area contributed by atoms with Gasteiger partial charge in [0, 0.05) is 5.56 Å². The van der Waals surface area contributed by atoms with Crippen LogP contribution in [0.2, 0.25) is 0 Å². The van der Waals surface area contributed by atoms with Crippen LogP contribution in [0.15, 0.2) is 42.5 Å². The van der Waals surface area contributed by atoms with Gasteiger partial charge in [0.05, 0.1) is 0 Å². The average molecular weight is 201 g/mol. The summed E-state index contributed by atoms with van der Waals surface area (Å²) in [5.41, 5.74) is 0.585. The van der Waals surface area contributed by atoms with Gasteiger partial charge in [-0.2, -0.15) is 0 Å². The van der Waals surface area contributed by atoms with Gasteiger partial charge in [0.25, 0.3) is 5.91 Å². The molecule has 0 aliphatic rings. The Morgan fingerprint density at radius 2 is 1.87 bits per heavy atom. The van der Waals surface area contributed by atoms with Crippen LogP contribution >= 0.6 is 0 Å². The Balaban J connectivity index is 2.56. The predicted molar refractivity (Wildman–Crippen MR) is 58.5 cm³/mol. The lowest BCUT2D eigenvalue weighted by Gasteiger charge is -2.05. The Morgan fingerprint density at radius 3 is 2.67 bits per heavy atom. The molecule has 0 spiro atoms. The monoisotopic (exact) mass is 201 g/mol. The van der Waals surface area contributed by atoms with Gasteiger partial charge in [-0.15, -0.1) is 0 Å². The van der Waals surface area contributed by atoms with Crippen molar-refractivity contribution in [2.45, 2.75) is 0 Å². The Labute approximate surface area is 87.3 Å². The van der Waals surface area contributed by atoms with Gasteiger partial charge in [-0.05, 0) is 16.8 Å². The van der Waals surface area contributed by atoms with Crippen molar-refractivity contribution >= 4 is 16.7 Å². The van der Waals surface area contributed by atoms with E-state index in [1.54, 1.807) is 6.07 Å². The zero-order valence-corrected chi connectivity index (χ0v) is 8.10. The van der Waals surface area contributed by atoms with Crippen molar-refractivity contribution in [2.75, 3.05) is 6.73 Å². The van der Waals surface area contributed by atoms with Gasteiger partial charge in [0.15, 0.2) is 0 Å². The first-order valence-electron chi connectivity index (χ1n) is 4.70. The fraction of sp³-hybridized carbons (Fsp3) is 0.0833. The minimum atomic E-state index is -0.345. The van der Waals surface area contributed by atoms with Gasteiger partial charge in [-0.3, -0.25) is 4.79 Å². The molecule has 0 saturated carbocycles. The van der Waals surface area contributed by atoms with Crippen molar-refractivity contribution in [3.8, 4) is 0 Å². The van der Waals surface area contributed by atoms with Gasteiger partial charge < -0.3 is 10.4 Å². The molecule has 2 rings (SSSR count). The number of aliphatic hydroxyl groups is 1. The Kier molecular flexibility index (Phi) is 2.65. The average Bonchev–Trinajstić information content (AvgIpc) is 2.28. The quantitative estimate of drug-likeness (QED) is 0.724. The fourth-order valence-corrected chi connectivity index (χ4v) is 1.59. The van der Waals surface area contributed by atoms with E-state index in [9.17, 15) is 4.79 Å². The summed E-state index contributed by atoms with van der Waals surface area (Å²) >= 11 is 0. The molecule has 0 heterocycles. The summed E-state index contributed by atoms with van der Waals surface area (Å²) in [5.74, 6) is -0.255. The number of hydrogen-bond acceptors (Lipinski definition) is 2. The lowest BCUT2D eigenvalue weighted by atomic mass is 10.0. The number of nitrogens with one attached hydrogen (secondary N) is 1. The second kappa shape index (κ2) is 4.11. The van der Waals surface area contributed by atoms with E-state index in [0.29, 0.717) is 5.56 Å². The summed E-state index contributed by atoms with van der Waals surface area (Å²) in [6, 6.07) is 13.2. The maximum absolute atomic E-state index is 11.6. The zero-order chi connectivity index (χ0) is 10.7. The van der Waals surface area contributed by atoms with E-state index in [2.05, 4.69) is 5.32 Å². The Hall–Kier alpha value is -1.87. The van der Waals surface area contributed by atoms with Crippen LogP contribution in [0.5, 0.6) is 0 Å². The molecule has 0 atom stereocenters. The maximum Gasteiger partial charge on any atom is 0.253 e. The molecular weight excluding hydrogens is 190 g/mol. The predicted octanol–water partition coefficient (Wildman–Crippen LogP) is 1.52. The minimum Gasteiger partial charge on any atom is -0.376 e. The number of rotatable bonds is 2. The van der Waals surface area contributed by atoms with Gasteiger partial charge in [0.2, 0.25) is 0 Å². The van der Waals surface area contributed by atoms with Crippen molar-refractivity contribution in [3.05, 3.63) is 48.0 Å². The topological polar surface area (TPSA) is 49.3 Å². The standard InChI is InChI=1S/C12H11NO2/c14-8-13-12(15)11-7-3-5-9-4-1-2-6-10(9)11/h1-7,14H,8H2,(H,13,15). The van der Waals surface area contributed by atoms with Crippen LogP contribution in [0.25, 0.3) is 10.8 Å². The van der Waals surface area contributed by atoms with Gasteiger partial charge in [-0.25, -0.2) is 0 Å². The van der Waals surface area contributed by atoms with E-state index in [4.69, 9.17) is 5.11 Å². The smallest absolute Gasteiger partial charge is 0.253 e. The molecule has 2 N–H and O–H groups in total. The molecule has 0 unspecified atom stereocenters. The molecule has 0 radical (unpaired) electrons. The highest BCUT2D eigenvalue weighted by Crippen LogP contribution is 2.17.